The lowest BCUT2D eigenvalue weighted by Gasteiger charge is -2.34. The summed E-state index contributed by atoms with van der Waals surface area (Å²) in [5.41, 5.74) is 0.396. The first-order valence-electron chi connectivity index (χ1n) is 7.43. The molecule has 0 N–H and O–H groups in total. The Hall–Kier alpha value is -2.05. The van der Waals surface area contributed by atoms with E-state index in [0.29, 0.717) is 12.2 Å². The van der Waals surface area contributed by atoms with Crippen LogP contribution in [0.4, 0.5) is 4.79 Å². The molecule has 1 aliphatic heterocycles. The number of carbonyl (C=O) groups is 2. The molecule has 0 fully saturated rings. The van der Waals surface area contributed by atoms with Gasteiger partial charge in [-0.15, -0.1) is 0 Å². The van der Waals surface area contributed by atoms with Gasteiger partial charge in [0.15, 0.2) is 5.69 Å². The van der Waals surface area contributed by atoms with Crippen molar-refractivity contribution in [3.8, 4) is 0 Å². The van der Waals surface area contributed by atoms with Crippen molar-refractivity contribution in [1.82, 2.24) is 14.5 Å². The van der Waals surface area contributed by atoms with Gasteiger partial charge in [-0.05, 0) is 34.6 Å². The molecule has 0 saturated carbocycles. The molecule has 0 aromatic carbocycles. The third-order valence-electron chi connectivity index (χ3n) is 3.32. The highest BCUT2D eigenvalue weighted by atomic mass is 16.6. The molecule has 1 amide bonds. The molecule has 122 valence electrons. The number of hydrogen-bond acceptors (Lipinski definition) is 5. The van der Waals surface area contributed by atoms with Gasteiger partial charge in [-0.1, -0.05) is 0 Å². The molecule has 0 aliphatic carbocycles. The van der Waals surface area contributed by atoms with E-state index < -0.39 is 11.6 Å². The lowest BCUT2D eigenvalue weighted by atomic mass is 10.2. The largest absolute Gasteiger partial charge is 0.461 e. The molecule has 2 heterocycles. The summed E-state index contributed by atoms with van der Waals surface area (Å²) in [6, 6.07) is 0.0203. The molecule has 7 nitrogen and oxygen atoms in total. The first-order chi connectivity index (χ1) is 10.2. The average molecular weight is 309 g/mol. The van der Waals surface area contributed by atoms with Crippen molar-refractivity contribution in [3.63, 3.8) is 0 Å². The minimum absolute atomic E-state index is 0.0203. The SMILES string of the molecule is CCOC(=O)c1ncn2c1CN(C(=O)OC(C)(C)C)C[C@H]2C. The number of imidazole rings is 1. The summed E-state index contributed by atoms with van der Waals surface area (Å²) < 4.78 is 12.3. The Labute approximate surface area is 130 Å². The molecule has 0 spiro atoms. The van der Waals surface area contributed by atoms with E-state index in [4.69, 9.17) is 9.47 Å². The fourth-order valence-corrected chi connectivity index (χ4v) is 2.41. The monoisotopic (exact) mass is 309 g/mol. The van der Waals surface area contributed by atoms with Crippen molar-refractivity contribution in [3.05, 3.63) is 17.7 Å². The predicted molar refractivity (Wildman–Crippen MR) is 79.5 cm³/mol. The van der Waals surface area contributed by atoms with Crippen LogP contribution in [0.25, 0.3) is 0 Å². The van der Waals surface area contributed by atoms with E-state index in [1.54, 1.807) is 18.2 Å². The van der Waals surface area contributed by atoms with Crippen LogP contribution in [0, 0.1) is 0 Å². The number of aromatic nitrogens is 2. The van der Waals surface area contributed by atoms with Crippen molar-refractivity contribution >= 4 is 12.1 Å². The van der Waals surface area contributed by atoms with Crippen molar-refractivity contribution in [2.75, 3.05) is 13.2 Å². The van der Waals surface area contributed by atoms with Crippen LogP contribution in [-0.2, 0) is 16.0 Å². The standard InChI is InChI=1S/C15H23N3O4/c1-6-21-13(19)12-11-8-17(14(20)22-15(3,4)5)7-10(2)18(11)9-16-12/h9-10H,6-8H2,1-5H3/t10-/m1/s1. The Morgan fingerprint density at radius 2 is 2.09 bits per heavy atom. The molecule has 1 aromatic heterocycles. The van der Waals surface area contributed by atoms with Crippen LogP contribution < -0.4 is 0 Å². The highest BCUT2D eigenvalue weighted by Crippen LogP contribution is 2.25. The number of hydrogen-bond donors (Lipinski definition) is 0. The van der Waals surface area contributed by atoms with Crippen LogP contribution in [0.3, 0.4) is 0 Å². The highest BCUT2D eigenvalue weighted by molar-refractivity contribution is 5.88. The number of esters is 1. The maximum atomic E-state index is 12.3. The maximum absolute atomic E-state index is 12.3. The van der Waals surface area contributed by atoms with Crippen molar-refractivity contribution in [1.29, 1.82) is 0 Å². The molecule has 22 heavy (non-hydrogen) atoms. The van der Waals surface area contributed by atoms with E-state index in [-0.39, 0.29) is 31.0 Å². The number of carbonyl (C=O) groups excluding carboxylic acids is 2. The molecule has 1 aliphatic rings. The Balaban J connectivity index is 2.22. The summed E-state index contributed by atoms with van der Waals surface area (Å²) in [6.07, 6.45) is 1.24. The minimum Gasteiger partial charge on any atom is -0.461 e. The summed E-state index contributed by atoms with van der Waals surface area (Å²) >= 11 is 0. The normalized spacial score (nSPS) is 17.9. The number of amides is 1. The van der Waals surface area contributed by atoms with E-state index >= 15 is 0 Å². The zero-order chi connectivity index (χ0) is 16.5. The molecule has 0 unspecified atom stereocenters. The van der Waals surface area contributed by atoms with Crippen LogP contribution in [0.2, 0.25) is 0 Å². The molecular weight excluding hydrogens is 286 g/mol. The van der Waals surface area contributed by atoms with Crippen molar-refractivity contribution in [2.45, 2.75) is 52.8 Å². The summed E-state index contributed by atoms with van der Waals surface area (Å²) in [7, 11) is 0. The third-order valence-corrected chi connectivity index (χ3v) is 3.32. The molecule has 1 atom stereocenters. The van der Waals surface area contributed by atoms with Gasteiger partial charge in [0.05, 0.1) is 25.2 Å². The van der Waals surface area contributed by atoms with E-state index in [1.165, 1.54) is 0 Å². The topological polar surface area (TPSA) is 73.7 Å². The Kier molecular flexibility index (Phi) is 4.44. The van der Waals surface area contributed by atoms with Crippen LogP contribution in [-0.4, -0.2) is 45.3 Å². The van der Waals surface area contributed by atoms with Gasteiger partial charge in [0, 0.05) is 12.6 Å². The van der Waals surface area contributed by atoms with Gasteiger partial charge < -0.3 is 18.9 Å². The highest BCUT2D eigenvalue weighted by Gasteiger charge is 2.32. The second-order valence-corrected chi connectivity index (χ2v) is 6.38. The predicted octanol–water partition coefficient (Wildman–Crippen LogP) is 2.37. The van der Waals surface area contributed by atoms with E-state index in [9.17, 15) is 9.59 Å². The lowest BCUT2D eigenvalue weighted by Crippen LogP contribution is -2.43. The van der Waals surface area contributed by atoms with Crippen molar-refractivity contribution in [2.24, 2.45) is 0 Å². The number of rotatable bonds is 2. The van der Waals surface area contributed by atoms with Gasteiger partial charge in [0.2, 0.25) is 0 Å². The van der Waals surface area contributed by atoms with Crippen LogP contribution in [0.15, 0.2) is 6.33 Å². The summed E-state index contributed by atoms with van der Waals surface area (Å²) in [5.74, 6) is -0.463. The Morgan fingerprint density at radius 3 is 2.68 bits per heavy atom. The zero-order valence-electron chi connectivity index (χ0n) is 13.8. The third kappa shape index (κ3) is 3.40. The quantitative estimate of drug-likeness (QED) is 0.784. The average Bonchev–Trinajstić information content (AvgIpc) is 2.81. The second-order valence-electron chi connectivity index (χ2n) is 6.38. The van der Waals surface area contributed by atoms with E-state index in [1.807, 2.05) is 32.3 Å². The molecule has 7 heteroatoms. The zero-order valence-corrected chi connectivity index (χ0v) is 13.8. The van der Waals surface area contributed by atoms with Crippen LogP contribution in [0.5, 0.6) is 0 Å². The fraction of sp³-hybridized carbons (Fsp3) is 0.667. The number of ether oxygens (including phenoxy) is 2. The Bertz CT molecular complexity index is 574. The van der Waals surface area contributed by atoms with Gasteiger partial charge in [0.1, 0.15) is 5.60 Å². The fourth-order valence-electron chi connectivity index (χ4n) is 2.41. The first-order valence-corrected chi connectivity index (χ1v) is 7.43. The molecule has 0 saturated heterocycles. The number of fused-ring (bicyclic) bond motifs is 1. The smallest absolute Gasteiger partial charge is 0.410 e. The van der Waals surface area contributed by atoms with Crippen LogP contribution in [0.1, 0.15) is 56.8 Å². The van der Waals surface area contributed by atoms with E-state index in [0.717, 1.165) is 0 Å². The Morgan fingerprint density at radius 1 is 1.41 bits per heavy atom. The first kappa shape index (κ1) is 16.3. The molecule has 2 rings (SSSR count). The van der Waals surface area contributed by atoms with Gasteiger partial charge in [-0.25, -0.2) is 14.6 Å². The van der Waals surface area contributed by atoms with Crippen LogP contribution >= 0.6 is 0 Å². The minimum atomic E-state index is -0.554. The maximum Gasteiger partial charge on any atom is 0.410 e. The van der Waals surface area contributed by atoms with Gasteiger partial charge in [-0.2, -0.15) is 0 Å². The molecule has 1 aromatic rings. The molecule has 0 bridgehead atoms. The second kappa shape index (κ2) is 5.98. The van der Waals surface area contributed by atoms with Gasteiger partial charge >= 0.3 is 12.1 Å². The molecule has 0 radical (unpaired) electrons. The van der Waals surface area contributed by atoms with Gasteiger partial charge in [0.25, 0.3) is 0 Å². The van der Waals surface area contributed by atoms with Gasteiger partial charge in [-0.3, -0.25) is 0 Å². The summed E-state index contributed by atoms with van der Waals surface area (Å²) in [5, 5.41) is 0. The summed E-state index contributed by atoms with van der Waals surface area (Å²) in [4.78, 5) is 30.0. The van der Waals surface area contributed by atoms with Crippen molar-refractivity contribution < 1.29 is 19.1 Å². The lowest BCUT2D eigenvalue weighted by molar-refractivity contribution is 0.0169. The molecular formula is C15H23N3O4. The van der Waals surface area contributed by atoms with E-state index in [2.05, 4.69) is 4.98 Å². The summed E-state index contributed by atoms with van der Waals surface area (Å²) in [6.45, 7) is 10.3. The number of nitrogens with zero attached hydrogens (tertiary/aromatic N) is 3.